The van der Waals surface area contributed by atoms with Crippen molar-refractivity contribution >= 4 is 22.5 Å². The maximum Gasteiger partial charge on any atom is 0.272 e. The van der Waals surface area contributed by atoms with E-state index in [2.05, 4.69) is 4.98 Å². The Hall–Kier alpha value is -3.35. The van der Waals surface area contributed by atoms with Crippen LogP contribution >= 0.6 is 0 Å². The highest BCUT2D eigenvalue weighted by Gasteiger charge is 2.28. The van der Waals surface area contributed by atoms with Crippen LogP contribution in [0.1, 0.15) is 34.9 Å². The number of hydrogen-bond acceptors (Lipinski definition) is 6. The number of piperidine rings is 1. The predicted molar refractivity (Wildman–Crippen MR) is 111 cm³/mol. The van der Waals surface area contributed by atoms with Crippen molar-refractivity contribution in [3.05, 3.63) is 54.0 Å². The molecule has 3 heterocycles. The first-order valence-corrected chi connectivity index (χ1v) is 9.63. The highest BCUT2D eigenvalue weighted by molar-refractivity contribution is 5.92. The summed E-state index contributed by atoms with van der Waals surface area (Å²) in [6.07, 6.45) is 3.47. The van der Waals surface area contributed by atoms with E-state index in [9.17, 15) is 4.79 Å². The molecule has 4 rings (SSSR count). The van der Waals surface area contributed by atoms with Crippen LogP contribution in [0, 0.1) is 0 Å². The van der Waals surface area contributed by atoms with Gasteiger partial charge in [-0.05, 0) is 37.1 Å². The first kappa shape index (κ1) is 19.0. The minimum absolute atomic E-state index is 0.0546. The molecule has 1 aliphatic rings. The number of nitrogens with two attached hydrogens (primary N) is 1. The molecule has 150 valence electrons. The van der Waals surface area contributed by atoms with Gasteiger partial charge >= 0.3 is 0 Å². The fraction of sp³-hybridized carbons (Fsp3) is 0.318. The van der Waals surface area contributed by atoms with Crippen molar-refractivity contribution < 1.29 is 14.3 Å². The summed E-state index contributed by atoms with van der Waals surface area (Å²) in [5.41, 5.74) is 9.07. The fourth-order valence-electron chi connectivity index (χ4n) is 3.90. The van der Waals surface area contributed by atoms with Crippen molar-refractivity contribution in [3.8, 4) is 11.5 Å². The molecule has 7 heteroatoms. The molecule has 0 saturated carbocycles. The van der Waals surface area contributed by atoms with Gasteiger partial charge in [0.25, 0.3) is 5.91 Å². The molecule has 2 aromatic heterocycles. The number of carbonyl (C=O) groups excluding carboxylic acids is 1. The lowest BCUT2D eigenvalue weighted by molar-refractivity contribution is 0.0700. The smallest absolute Gasteiger partial charge is 0.272 e. The average molecular weight is 392 g/mol. The van der Waals surface area contributed by atoms with Gasteiger partial charge in [0.1, 0.15) is 5.69 Å². The van der Waals surface area contributed by atoms with E-state index >= 15 is 0 Å². The van der Waals surface area contributed by atoms with Gasteiger partial charge in [-0.2, -0.15) is 0 Å². The number of rotatable bonds is 4. The van der Waals surface area contributed by atoms with Crippen LogP contribution in [0.5, 0.6) is 11.5 Å². The first-order valence-electron chi connectivity index (χ1n) is 9.63. The zero-order valence-electron chi connectivity index (χ0n) is 16.6. The van der Waals surface area contributed by atoms with Crippen LogP contribution in [0.3, 0.4) is 0 Å². The summed E-state index contributed by atoms with van der Waals surface area (Å²) >= 11 is 0. The summed E-state index contributed by atoms with van der Waals surface area (Å²) in [5, 5.41) is 0.890. The number of carbonyl (C=O) groups is 1. The number of ether oxygens (including phenoxy) is 2. The maximum atomic E-state index is 12.8. The Bertz CT molecular complexity index is 1040. The van der Waals surface area contributed by atoms with Crippen LogP contribution in [0.2, 0.25) is 0 Å². The molecule has 1 aliphatic heterocycles. The van der Waals surface area contributed by atoms with Gasteiger partial charge in [-0.15, -0.1) is 0 Å². The van der Waals surface area contributed by atoms with Gasteiger partial charge in [-0.1, -0.05) is 6.07 Å². The third-order valence-corrected chi connectivity index (χ3v) is 5.36. The van der Waals surface area contributed by atoms with Crippen LogP contribution in [-0.4, -0.2) is 48.1 Å². The van der Waals surface area contributed by atoms with E-state index in [-0.39, 0.29) is 11.8 Å². The van der Waals surface area contributed by atoms with Gasteiger partial charge in [-0.25, -0.2) is 0 Å². The third kappa shape index (κ3) is 3.68. The molecule has 1 aromatic carbocycles. The van der Waals surface area contributed by atoms with Gasteiger partial charge < -0.3 is 20.1 Å². The van der Waals surface area contributed by atoms with Crippen molar-refractivity contribution in [3.63, 3.8) is 0 Å². The normalized spacial score (nSPS) is 16.6. The minimum Gasteiger partial charge on any atom is -0.493 e. The summed E-state index contributed by atoms with van der Waals surface area (Å²) in [6, 6.07) is 11.0. The second-order valence-electron chi connectivity index (χ2n) is 7.17. The van der Waals surface area contributed by atoms with Crippen molar-refractivity contribution in [2.75, 3.05) is 33.0 Å². The Labute approximate surface area is 169 Å². The number of amides is 1. The number of anilines is 1. The maximum absolute atomic E-state index is 12.8. The van der Waals surface area contributed by atoms with E-state index in [0.717, 1.165) is 29.4 Å². The van der Waals surface area contributed by atoms with Crippen LogP contribution in [0.15, 0.2) is 42.6 Å². The Morgan fingerprint density at radius 2 is 1.97 bits per heavy atom. The molecule has 0 aliphatic carbocycles. The topological polar surface area (TPSA) is 90.6 Å². The molecule has 2 N–H and O–H groups in total. The lowest BCUT2D eigenvalue weighted by Crippen LogP contribution is -2.39. The zero-order chi connectivity index (χ0) is 20.4. The minimum atomic E-state index is -0.0546. The molecule has 0 spiro atoms. The zero-order valence-corrected chi connectivity index (χ0v) is 16.6. The molecule has 1 saturated heterocycles. The number of benzene rings is 1. The number of likely N-dealkylation sites (tertiary alicyclic amines) is 1. The molecule has 1 amide bonds. The van der Waals surface area contributed by atoms with Gasteiger partial charge in [0.2, 0.25) is 0 Å². The highest BCUT2D eigenvalue weighted by Crippen LogP contribution is 2.36. The molecule has 0 bridgehead atoms. The van der Waals surface area contributed by atoms with Crippen LogP contribution < -0.4 is 15.2 Å². The molecule has 0 unspecified atom stereocenters. The number of aromatic nitrogens is 2. The van der Waals surface area contributed by atoms with E-state index in [4.69, 9.17) is 20.2 Å². The van der Waals surface area contributed by atoms with E-state index in [1.807, 2.05) is 29.2 Å². The van der Waals surface area contributed by atoms with Crippen molar-refractivity contribution in [1.29, 1.82) is 0 Å². The summed E-state index contributed by atoms with van der Waals surface area (Å²) in [4.78, 5) is 23.7. The van der Waals surface area contributed by atoms with Crippen molar-refractivity contribution in [2.24, 2.45) is 0 Å². The number of nitrogen functional groups attached to an aromatic ring is 1. The number of hydrogen-bond donors (Lipinski definition) is 1. The predicted octanol–water partition coefficient (Wildman–Crippen LogP) is 3.25. The lowest BCUT2D eigenvalue weighted by Gasteiger charge is -2.33. The van der Waals surface area contributed by atoms with Crippen LogP contribution in [0.4, 0.5) is 5.69 Å². The average Bonchev–Trinajstić information content (AvgIpc) is 2.77. The third-order valence-electron chi connectivity index (χ3n) is 5.36. The van der Waals surface area contributed by atoms with Gasteiger partial charge in [0.05, 0.1) is 31.1 Å². The number of fused-ring (bicyclic) bond motifs is 1. The van der Waals surface area contributed by atoms with Gasteiger partial charge in [-0.3, -0.25) is 14.8 Å². The standard InChI is InChI=1S/C22H24N4O3/c1-28-19-11-15-10-16(23)21(25-18(15)12-20(19)29-2)14-6-5-9-26(13-14)22(27)17-7-3-4-8-24-17/h3-4,7-8,10-12,14H,5-6,9,13,23H2,1-2H3/t14-/m0/s1. The molecular weight excluding hydrogens is 368 g/mol. The Morgan fingerprint density at radius 3 is 2.69 bits per heavy atom. The summed E-state index contributed by atoms with van der Waals surface area (Å²) in [5.74, 6) is 1.28. The first-order chi connectivity index (χ1) is 14.1. The highest BCUT2D eigenvalue weighted by atomic mass is 16.5. The van der Waals surface area contributed by atoms with Gasteiger partial charge in [0.15, 0.2) is 11.5 Å². The lowest BCUT2D eigenvalue weighted by atomic mass is 9.92. The van der Waals surface area contributed by atoms with E-state index in [1.54, 1.807) is 32.5 Å². The summed E-state index contributed by atoms with van der Waals surface area (Å²) in [6.45, 7) is 1.29. The Balaban J connectivity index is 1.64. The van der Waals surface area contributed by atoms with E-state index in [0.29, 0.717) is 36.0 Å². The molecule has 29 heavy (non-hydrogen) atoms. The monoisotopic (exact) mass is 392 g/mol. The summed E-state index contributed by atoms with van der Waals surface area (Å²) < 4.78 is 10.8. The second kappa shape index (κ2) is 7.95. The summed E-state index contributed by atoms with van der Waals surface area (Å²) in [7, 11) is 3.20. The molecule has 1 fully saturated rings. The Morgan fingerprint density at radius 1 is 1.17 bits per heavy atom. The SMILES string of the molecule is COc1cc2cc(N)c([C@H]3CCCN(C(=O)c4ccccn4)C3)nc2cc1OC. The van der Waals surface area contributed by atoms with E-state index < -0.39 is 0 Å². The molecule has 3 aromatic rings. The number of pyridine rings is 2. The molecule has 0 radical (unpaired) electrons. The number of methoxy groups -OCH3 is 2. The Kier molecular flexibility index (Phi) is 5.20. The largest absolute Gasteiger partial charge is 0.493 e. The van der Waals surface area contributed by atoms with E-state index in [1.165, 1.54) is 0 Å². The quantitative estimate of drug-likeness (QED) is 0.733. The fourth-order valence-corrected chi connectivity index (χ4v) is 3.90. The molecule has 1 atom stereocenters. The molecular formula is C22H24N4O3. The van der Waals surface area contributed by atoms with Gasteiger partial charge in [0, 0.05) is 36.7 Å². The van der Waals surface area contributed by atoms with Crippen LogP contribution in [0.25, 0.3) is 10.9 Å². The van der Waals surface area contributed by atoms with Crippen molar-refractivity contribution in [2.45, 2.75) is 18.8 Å². The second-order valence-corrected chi connectivity index (χ2v) is 7.17. The van der Waals surface area contributed by atoms with Crippen molar-refractivity contribution in [1.82, 2.24) is 14.9 Å². The van der Waals surface area contributed by atoms with Crippen LogP contribution in [-0.2, 0) is 0 Å². The molecule has 7 nitrogen and oxygen atoms in total. The number of nitrogens with zero attached hydrogens (tertiary/aromatic N) is 3.